The lowest BCUT2D eigenvalue weighted by atomic mass is 9.89. The molecule has 0 spiro atoms. The maximum Gasteiger partial charge on any atom is 0.264 e. The first-order chi connectivity index (χ1) is 9.86. The normalized spacial score (nSPS) is 25.1. The van der Waals surface area contributed by atoms with E-state index in [1.54, 1.807) is 6.07 Å². The molecule has 6 nitrogen and oxygen atoms in total. The van der Waals surface area contributed by atoms with Crippen molar-refractivity contribution in [3.8, 4) is 0 Å². The summed E-state index contributed by atoms with van der Waals surface area (Å²) in [6.07, 6.45) is 0.171. The number of nitrogens with one attached hydrogen (secondary N) is 1. The highest BCUT2D eigenvalue weighted by molar-refractivity contribution is 6.37. The summed E-state index contributed by atoms with van der Waals surface area (Å²) in [6, 6.07) is 4.58. The van der Waals surface area contributed by atoms with Crippen molar-refractivity contribution in [2.45, 2.75) is 25.3 Å². The van der Waals surface area contributed by atoms with Gasteiger partial charge in [0.25, 0.3) is 17.7 Å². The Bertz CT molecular complexity index is 715. The lowest BCUT2D eigenvalue weighted by molar-refractivity contribution is -0.140. The first kappa shape index (κ1) is 13.8. The molecule has 0 radical (unpaired) electrons. The number of carbonyl (C=O) groups is 4. The number of piperidine rings is 1. The minimum Gasteiger partial charge on any atom is -0.294 e. The Labute approximate surface area is 125 Å². The Kier molecular flexibility index (Phi) is 2.88. The van der Waals surface area contributed by atoms with E-state index in [1.807, 2.05) is 0 Å². The Hall–Kier alpha value is -2.21. The molecule has 1 unspecified atom stereocenters. The molecule has 1 fully saturated rings. The van der Waals surface area contributed by atoms with Crippen molar-refractivity contribution < 1.29 is 19.2 Å². The molecule has 2 aliphatic heterocycles. The van der Waals surface area contributed by atoms with Gasteiger partial charge in [0.15, 0.2) is 0 Å². The standard InChI is InChI=1S/C14H11ClN2O4/c1-14(6-5-9(18)16-13(14)21)17-11(19)7-3-2-4-8(15)10(7)12(17)20/h2-4H,5-6H2,1H3,(H,16,18,21). The van der Waals surface area contributed by atoms with Gasteiger partial charge >= 0.3 is 0 Å². The number of rotatable bonds is 1. The number of amides is 4. The zero-order valence-corrected chi connectivity index (χ0v) is 11.9. The zero-order chi connectivity index (χ0) is 15.4. The highest BCUT2D eigenvalue weighted by atomic mass is 35.5. The molecule has 21 heavy (non-hydrogen) atoms. The summed E-state index contributed by atoms with van der Waals surface area (Å²) in [5.41, 5.74) is -1.10. The number of hydrogen-bond donors (Lipinski definition) is 1. The Morgan fingerprint density at radius 3 is 2.52 bits per heavy atom. The molecule has 0 bridgehead atoms. The molecule has 1 aromatic carbocycles. The fraction of sp³-hybridized carbons (Fsp3) is 0.286. The maximum absolute atomic E-state index is 12.5. The van der Waals surface area contributed by atoms with Gasteiger partial charge in [-0.25, -0.2) is 0 Å². The third-order valence-corrected chi connectivity index (χ3v) is 4.25. The predicted octanol–water partition coefficient (Wildman–Crippen LogP) is 1.13. The van der Waals surface area contributed by atoms with E-state index in [0.717, 1.165) is 4.90 Å². The minimum atomic E-state index is -1.38. The van der Waals surface area contributed by atoms with Crippen molar-refractivity contribution in [2.75, 3.05) is 0 Å². The van der Waals surface area contributed by atoms with Crippen LogP contribution in [0.25, 0.3) is 0 Å². The van der Waals surface area contributed by atoms with E-state index in [9.17, 15) is 19.2 Å². The first-order valence-corrected chi connectivity index (χ1v) is 6.76. The Balaban J connectivity index is 2.08. The van der Waals surface area contributed by atoms with Crippen molar-refractivity contribution in [1.29, 1.82) is 0 Å². The molecule has 3 rings (SSSR count). The van der Waals surface area contributed by atoms with Gasteiger partial charge in [0.2, 0.25) is 5.91 Å². The van der Waals surface area contributed by atoms with Crippen molar-refractivity contribution in [3.05, 3.63) is 34.3 Å². The van der Waals surface area contributed by atoms with Gasteiger partial charge in [0.1, 0.15) is 5.54 Å². The number of nitrogens with zero attached hydrogens (tertiary/aromatic N) is 1. The first-order valence-electron chi connectivity index (χ1n) is 6.38. The Morgan fingerprint density at radius 2 is 1.90 bits per heavy atom. The second kappa shape index (κ2) is 4.39. The third-order valence-electron chi connectivity index (χ3n) is 3.94. The van der Waals surface area contributed by atoms with Gasteiger partial charge in [-0.15, -0.1) is 0 Å². The van der Waals surface area contributed by atoms with E-state index < -0.39 is 29.2 Å². The Morgan fingerprint density at radius 1 is 1.19 bits per heavy atom. The fourth-order valence-corrected chi connectivity index (χ4v) is 2.96. The predicted molar refractivity (Wildman–Crippen MR) is 72.7 cm³/mol. The van der Waals surface area contributed by atoms with Crippen LogP contribution in [0.4, 0.5) is 0 Å². The SMILES string of the molecule is CC1(N2C(=O)c3cccc(Cl)c3C2=O)CCC(=O)NC1=O. The average molecular weight is 307 g/mol. The number of imide groups is 2. The van der Waals surface area contributed by atoms with E-state index >= 15 is 0 Å². The fourth-order valence-electron chi connectivity index (χ4n) is 2.70. The summed E-state index contributed by atoms with van der Waals surface area (Å²) in [7, 11) is 0. The van der Waals surface area contributed by atoms with Gasteiger partial charge in [-0.1, -0.05) is 17.7 Å². The number of hydrogen-bond acceptors (Lipinski definition) is 4. The molecule has 4 amide bonds. The number of benzene rings is 1. The van der Waals surface area contributed by atoms with Crippen LogP contribution in [0.2, 0.25) is 5.02 Å². The molecule has 108 valence electrons. The van der Waals surface area contributed by atoms with E-state index in [-0.39, 0.29) is 29.0 Å². The lowest BCUT2D eigenvalue weighted by Gasteiger charge is -2.38. The molecule has 1 atom stereocenters. The largest absolute Gasteiger partial charge is 0.294 e. The molecule has 0 aromatic heterocycles. The summed E-state index contributed by atoms with van der Waals surface area (Å²) >= 11 is 5.98. The summed E-state index contributed by atoms with van der Waals surface area (Å²) in [5.74, 6) is -2.23. The summed E-state index contributed by atoms with van der Waals surface area (Å²) in [6.45, 7) is 1.48. The molecule has 2 heterocycles. The van der Waals surface area contributed by atoms with Crippen LogP contribution in [-0.4, -0.2) is 34.1 Å². The maximum atomic E-state index is 12.5. The molecule has 0 aliphatic carbocycles. The number of halogens is 1. The molecule has 1 aromatic rings. The number of carbonyl (C=O) groups excluding carboxylic acids is 4. The van der Waals surface area contributed by atoms with Crippen molar-refractivity contribution in [1.82, 2.24) is 10.2 Å². The van der Waals surface area contributed by atoms with Gasteiger partial charge in [0, 0.05) is 6.42 Å². The zero-order valence-electron chi connectivity index (χ0n) is 11.1. The van der Waals surface area contributed by atoms with Crippen LogP contribution < -0.4 is 5.32 Å². The molecule has 1 saturated heterocycles. The van der Waals surface area contributed by atoms with Crippen LogP contribution in [0.3, 0.4) is 0 Å². The summed E-state index contributed by atoms with van der Waals surface area (Å²) in [5, 5.41) is 2.34. The third kappa shape index (κ3) is 1.79. The van der Waals surface area contributed by atoms with Crippen LogP contribution in [0, 0.1) is 0 Å². The lowest BCUT2D eigenvalue weighted by Crippen LogP contribution is -2.62. The highest BCUT2D eigenvalue weighted by Gasteiger charge is 2.53. The van der Waals surface area contributed by atoms with Crippen molar-refractivity contribution in [3.63, 3.8) is 0 Å². The second-order valence-electron chi connectivity index (χ2n) is 5.26. The second-order valence-corrected chi connectivity index (χ2v) is 5.67. The van der Waals surface area contributed by atoms with Gasteiger partial charge in [-0.3, -0.25) is 29.4 Å². The van der Waals surface area contributed by atoms with E-state index in [4.69, 9.17) is 11.6 Å². The van der Waals surface area contributed by atoms with Crippen LogP contribution in [0.15, 0.2) is 18.2 Å². The topological polar surface area (TPSA) is 83.6 Å². The smallest absolute Gasteiger partial charge is 0.264 e. The van der Waals surface area contributed by atoms with Gasteiger partial charge < -0.3 is 0 Å². The number of fused-ring (bicyclic) bond motifs is 1. The molecule has 7 heteroatoms. The van der Waals surface area contributed by atoms with Gasteiger partial charge in [-0.05, 0) is 25.5 Å². The molecular weight excluding hydrogens is 296 g/mol. The molecule has 2 aliphatic rings. The highest BCUT2D eigenvalue weighted by Crippen LogP contribution is 2.36. The van der Waals surface area contributed by atoms with Gasteiger partial charge in [0.05, 0.1) is 16.1 Å². The average Bonchev–Trinajstić information content (AvgIpc) is 2.68. The minimum absolute atomic E-state index is 0.0728. The molecule has 1 N–H and O–H groups in total. The van der Waals surface area contributed by atoms with Crippen LogP contribution in [0.5, 0.6) is 0 Å². The van der Waals surface area contributed by atoms with Crippen molar-refractivity contribution in [2.24, 2.45) is 0 Å². The van der Waals surface area contributed by atoms with E-state index in [0.29, 0.717) is 0 Å². The van der Waals surface area contributed by atoms with E-state index in [1.165, 1.54) is 19.1 Å². The molecule has 0 saturated carbocycles. The van der Waals surface area contributed by atoms with Crippen molar-refractivity contribution >= 4 is 35.2 Å². The monoisotopic (exact) mass is 306 g/mol. The van der Waals surface area contributed by atoms with Crippen LogP contribution >= 0.6 is 11.6 Å². The van der Waals surface area contributed by atoms with Crippen LogP contribution in [0.1, 0.15) is 40.5 Å². The quantitative estimate of drug-likeness (QED) is 0.788. The van der Waals surface area contributed by atoms with Gasteiger partial charge in [-0.2, -0.15) is 0 Å². The summed E-state index contributed by atoms with van der Waals surface area (Å²) in [4.78, 5) is 49.3. The van der Waals surface area contributed by atoms with Crippen LogP contribution in [-0.2, 0) is 9.59 Å². The molecular formula is C14H11ClN2O4. The summed E-state index contributed by atoms with van der Waals surface area (Å²) < 4.78 is 0. The van der Waals surface area contributed by atoms with E-state index in [2.05, 4.69) is 5.32 Å².